The molecule has 5 nitrogen and oxygen atoms in total. The molecule has 0 aliphatic rings. The van der Waals surface area contributed by atoms with E-state index >= 15 is 0 Å². The van der Waals surface area contributed by atoms with E-state index in [1.807, 2.05) is 13.8 Å². The van der Waals surface area contributed by atoms with E-state index in [-0.39, 0.29) is 12.6 Å². The Morgan fingerprint density at radius 2 is 2.12 bits per heavy atom. The highest BCUT2D eigenvalue weighted by atomic mass is 16.4. The number of carboxylic acids is 1. The summed E-state index contributed by atoms with van der Waals surface area (Å²) in [7, 11) is 0. The van der Waals surface area contributed by atoms with Crippen LogP contribution in [0.4, 0.5) is 4.79 Å². The Morgan fingerprint density at radius 1 is 1.50 bits per heavy atom. The molecule has 0 aromatic heterocycles. The highest BCUT2D eigenvalue weighted by molar-refractivity contribution is 5.80. The largest absolute Gasteiger partial charge is 0.480 e. The molecule has 2 N–H and O–H groups in total. The number of aliphatic carboxylic acids is 1. The number of urea groups is 1. The van der Waals surface area contributed by atoms with Crippen molar-refractivity contribution in [2.75, 3.05) is 13.1 Å². The first-order valence-corrected chi connectivity index (χ1v) is 5.28. The van der Waals surface area contributed by atoms with Crippen molar-refractivity contribution in [1.82, 2.24) is 10.2 Å². The first-order valence-electron chi connectivity index (χ1n) is 5.28. The van der Waals surface area contributed by atoms with Crippen LogP contribution in [0.5, 0.6) is 0 Å². The third kappa shape index (κ3) is 5.25. The average Bonchev–Trinajstić information content (AvgIpc) is 2.24. The van der Waals surface area contributed by atoms with E-state index in [9.17, 15) is 9.59 Å². The molecule has 0 rings (SSSR count). The lowest BCUT2D eigenvalue weighted by Crippen LogP contribution is -2.46. The number of carboxylic acid groups (broad SMARTS) is 1. The first-order chi connectivity index (χ1) is 7.54. The number of terminal acetylenes is 1. The van der Waals surface area contributed by atoms with Crippen LogP contribution in [0.1, 0.15) is 26.7 Å². The van der Waals surface area contributed by atoms with Gasteiger partial charge < -0.3 is 15.3 Å². The van der Waals surface area contributed by atoms with Gasteiger partial charge in [0.25, 0.3) is 0 Å². The Balaban J connectivity index is 4.37. The monoisotopic (exact) mass is 226 g/mol. The number of rotatable bonds is 6. The Labute approximate surface area is 95.8 Å². The van der Waals surface area contributed by atoms with E-state index in [1.165, 1.54) is 4.90 Å². The van der Waals surface area contributed by atoms with E-state index in [2.05, 4.69) is 11.2 Å². The molecule has 16 heavy (non-hydrogen) atoms. The topological polar surface area (TPSA) is 69.6 Å². The number of amides is 2. The van der Waals surface area contributed by atoms with Crippen LogP contribution < -0.4 is 5.32 Å². The van der Waals surface area contributed by atoms with Crippen LogP contribution in [-0.2, 0) is 4.79 Å². The standard InChI is InChI=1S/C11H18N2O3/c1-4-7-13(8-10(14)15)11(16)12-9(5-2)6-3/h2,9H,4,6-8H2,1,3H3,(H,12,16)(H,14,15). The summed E-state index contributed by atoms with van der Waals surface area (Å²) in [6, 6.07) is -0.769. The molecule has 0 aromatic rings. The maximum absolute atomic E-state index is 11.7. The quantitative estimate of drug-likeness (QED) is 0.661. The van der Waals surface area contributed by atoms with Crippen molar-refractivity contribution in [1.29, 1.82) is 0 Å². The molecule has 5 heteroatoms. The van der Waals surface area contributed by atoms with E-state index in [0.29, 0.717) is 19.4 Å². The second kappa shape index (κ2) is 7.57. The molecule has 1 atom stereocenters. The van der Waals surface area contributed by atoms with Gasteiger partial charge in [-0.05, 0) is 12.8 Å². The number of nitrogens with one attached hydrogen (secondary N) is 1. The molecular weight excluding hydrogens is 208 g/mol. The molecule has 0 saturated carbocycles. The second-order valence-corrected chi connectivity index (χ2v) is 3.39. The molecule has 2 amide bonds. The molecule has 1 unspecified atom stereocenters. The summed E-state index contributed by atoms with van der Waals surface area (Å²) in [5.41, 5.74) is 0. The van der Waals surface area contributed by atoms with E-state index in [0.717, 1.165) is 0 Å². The highest BCUT2D eigenvalue weighted by Crippen LogP contribution is 1.96. The van der Waals surface area contributed by atoms with E-state index in [1.54, 1.807) is 0 Å². The van der Waals surface area contributed by atoms with Gasteiger partial charge >= 0.3 is 12.0 Å². The number of nitrogens with zero attached hydrogens (tertiary/aromatic N) is 1. The van der Waals surface area contributed by atoms with Crippen molar-refractivity contribution in [2.45, 2.75) is 32.7 Å². The van der Waals surface area contributed by atoms with Crippen molar-refractivity contribution in [3.8, 4) is 12.3 Å². The molecular formula is C11H18N2O3. The molecule has 0 heterocycles. The van der Waals surface area contributed by atoms with Gasteiger partial charge in [-0.2, -0.15) is 0 Å². The average molecular weight is 226 g/mol. The Bertz CT molecular complexity index is 283. The smallest absolute Gasteiger partial charge is 0.323 e. The van der Waals surface area contributed by atoms with Crippen LogP contribution in [0, 0.1) is 12.3 Å². The fourth-order valence-corrected chi connectivity index (χ4v) is 1.19. The maximum Gasteiger partial charge on any atom is 0.323 e. The molecule has 0 fully saturated rings. The summed E-state index contributed by atoms with van der Waals surface area (Å²) in [6.07, 6.45) is 6.53. The number of carbonyl (C=O) groups excluding carboxylic acids is 1. The first kappa shape index (κ1) is 14.3. The Kier molecular flexibility index (Phi) is 6.77. The second-order valence-electron chi connectivity index (χ2n) is 3.39. The van der Waals surface area contributed by atoms with Gasteiger partial charge in [0, 0.05) is 6.54 Å². The van der Waals surface area contributed by atoms with Crippen LogP contribution in [0.3, 0.4) is 0 Å². The Morgan fingerprint density at radius 3 is 2.50 bits per heavy atom. The Hall–Kier alpha value is -1.70. The van der Waals surface area contributed by atoms with Crippen LogP contribution >= 0.6 is 0 Å². The molecule has 0 bridgehead atoms. The maximum atomic E-state index is 11.7. The van der Waals surface area contributed by atoms with Crippen molar-refractivity contribution in [3.63, 3.8) is 0 Å². The molecule has 0 radical (unpaired) electrons. The molecule has 0 saturated heterocycles. The van der Waals surface area contributed by atoms with Crippen LogP contribution in [-0.4, -0.2) is 41.1 Å². The van der Waals surface area contributed by atoms with Gasteiger partial charge in [0.15, 0.2) is 0 Å². The minimum atomic E-state index is -1.03. The van der Waals surface area contributed by atoms with Gasteiger partial charge in [-0.15, -0.1) is 6.42 Å². The van der Waals surface area contributed by atoms with Crippen molar-refractivity contribution in [2.24, 2.45) is 0 Å². The SMILES string of the molecule is C#CC(CC)NC(=O)N(CCC)CC(=O)O. The van der Waals surface area contributed by atoms with Crippen molar-refractivity contribution < 1.29 is 14.7 Å². The van der Waals surface area contributed by atoms with Crippen molar-refractivity contribution >= 4 is 12.0 Å². The molecule has 0 aliphatic carbocycles. The minimum absolute atomic E-state index is 0.305. The van der Waals surface area contributed by atoms with Gasteiger partial charge in [0.2, 0.25) is 0 Å². The van der Waals surface area contributed by atoms with Gasteiger partial charge in [-0.3, -0.25) is 4.79 Å². The predicted molar refractivity (Wildman–Crippen MR) is 60.9 cm³/mol. The summed E-state index contributed by atoms with van der Waals surface area (Å²) >= 11 is 0. The summed E-state index contributed by atoms with van der Waals surface area (Å²) in [5.74, 6) is 1.40. The molecule has 0 aliphatic heterocycles. The zero-order valence-electron chi connectivity index (χ0n) is 9.69. The highest BCUT2D eigenvalue weighted by Gasteiger charge is 2.17. The van der Waals surface area contributed by atoms with Gasteiger partial charge in [-0.25, -0.2) is 4.79 Å². The third-order valence-electron chi connectivity index (χ3n) is 2.01. The summed E-state index contributed by atoms with van der Waals surface area (Å²) in [4.78, 5) is 23.4. The van der Waals surface area contributed by atoms with Gasteiger partial charge in [0.1, 0.15) is 6.54 Å². The summed E-state index contributed by atoms with van der Waals surface area (Å²) < 4.78 is 0. The fraction of sp³-hybridized carbons (Fsp3) is 0.636. The van der Waals surface area contributed by atoms with Gasteiger partial charge in [-0.1, -0.05) is 19.8 Å². The van der Waals surface area contributed by atoms with Crippen molar-refractivity contribution in [3.05, 3.63) is 0 Å². The third-order valence-corrected chi connectivity index (χ3v) is 2.01. The minimum Gasteiger partial charge on any atom is -0.480 e. The van der Waals surface area contributed by atoms with E-state index in [4.69, 9.17) is 11.5 Å². The number of hydrogen-bond donors (Lipinski definition) is 2. The molecule has 90 valence electrons. The lowest BCUT2D eigenvalue weighted by Gasteiger charge is -2.22. The normalized spacial score (nSPS) is 11.3. The zero-order chi connectivity index (χ0) is 12.6. The summed E-state index contributed by atoms with van der Waals surface area (Å²) in [6.45, 7) is 3.83. The molecule has 0 aromatic carbocycles. The van der Waals surface area contributed by atoms with E-state index < -0.39 is 12.0 Å². The number of carbonyl (C=O) groups is 2. The zero-order valence-corrected chi connectivity index (χ0v) is 9.69. The lowest BCUT2D eigenvalue weighted by molar-refractivity contribution is -0.137. The predicted octanol–water partition coefficient (Wildman–Crippen LogP) is 0.904. The lowest BCUT2D eigenvalue weighted by atomic mass is 10.2. The van der Waals surface area contributed by atoms with Gasteiger partial charge in [0.05, 0.1) is 6.04 Å². The summed E-state index contributed by atoms with van der Waals surface area (Å²) in [5, 5.41) is 11.2. The van der Waals surface area contributed by atoms with Crippen LogP contribution in [0.2, 0.25) is 0 Å². The van der Waals surface area contributed by atoms with Crippen LogP contribution in [0.25, 0.3) is 0 Å². The van der Waals surface area contributed by atoms with Crippen LogP contribution in [0.15, 0.2) is 0 Å². The fourth-order valence-electron chi connectivity index (χ4n) is 1.19. The molecule has 0 spiro atoms. The number of hydrogen-bond acceptors (Lipinski definition) is 2.